The minimum Gasteiger partial charge on any atom is -0.382 e. The standard InChI is InChI=1S/C27H33N5O2/c1-18-14-23(19-5-10-25-20(15-19)4-3-11-28-25)24-16-30-27(32-26(24)17-29-18)31-21-6-8-22(9-7-21)34-13-12-33-2/h3-5,10-11,14-16,18,21-22,29H,6-9,12-13,17H2,1-2H3,(H,30,31,32)/t18-,21?,22?/m1/s1. The largest absolute Gasteiger partial charge is 0.382 e. The summed E-state index contributed by atoms with van der Waals surface area (Å²) in [4.78, 5) is 14.1. The van der Waals surface area contributed by atoms with E-state index in [1.54, 1.807) is 7.11 Å². The van der Waals surface area contributed by atoms with Gasteiger partial charge in [-0.3, -0.25) is 4.98 Å². The second-order valence-corrected chi connectivity index (χ2v) is 9.20. The molecule has 0 unspecified atom stereocenters. The van der Waals surface area contributed by atoms with Gasteiger partial charge in [0.15, 0.2) is 0 Å². The molecule has 1 aromatic carbocycles. The number of hydrogen-bond acceptors (Lipinski definition) is 7. The molecular formula is C27H33N5O2. The Kier molecular flexibility index (Phi) is 7.13. The molecule has 0 spiro atoms. The van der Waals surface area contributed by atoms with Crippen molar-refractivity contribution >= 4 is 22.4 Å². The molecule has 3 heterocycles. The molecule has 3 aromatic rings. The van der Waals surface area contributed by atoms with Crippen molar-refractivity contribution < 1.29 is 9.47 Å². The zero-order valence-corrected chi connectivity index (χ0v) is 20.0. The van der Waals surface area contributed by atoms with Crippen LogP contribution >= 0.6 is 0 Å². The van der Waals surface area contributed by atoms with E-state index in [0.717, 1.165) is 53.4 Å². The summed E-state index contributed by atoms with van der Waals surface area (Å²) in [6.07, 6.45) is 10.6. The van der Waals surface area contributed by atoms with Crippen molar-refractivity contribution in [3.05, 3.63) is 65.6 Å². The van der Waals surface area contributed by atoms with Crippen LogP contribution < -0.4 is 10.6 Å². The van der Waals surface area contributed by atoms with Crippen molar-refractivity contribution in [3.63, 3.8) is 0 Å². The summed E-state index contributed by atoms with van der Waals surface area (Å²) in [5.74, 6) is 0.709. The van der Waals surface area contributed by atoms with Crippen molar-refractivity contribution in [1.82, 2.24) is 20.3 Å². The third-order valence-corrected chi connectivity index (χ3v) is 6.73. The third kappa shape index (κ3) is 5.27. The predicted octanol–water partition coefficient (Wildman–Crippen LogP) is 4.33. The third-order valence-electron chi connectivity index (χ3n) is 6.73. The molecule has 1 atom stereocenters. The van der Waals surface area contributed by atoms with E-state index in [1.807, 2.05) is 18.5 Å². The Morgan fingerprint density at radius 1 is 1.09 bits per heavy atom. The quantitative estimate of drug-likeness (QED) is 0.509. The van der Waals surface area contributed by atoms with E-state index in [0.29, 0.717) is 37.9 Å². The molecule has 1 aliphatic carbocycles. The van der Waals surface area contributed by atoms with Crippen molar-refractivity contribution in [2.75, 3.05) is 25.6 Å². The van der Waals surface area contributed by atoms with Crippen LogP contribution in [0.2, 0.25) is 0 Å². The SMILES string of the molecule is COCCOC1CCC(Nc2ncc3c(n2)CN[C@H](C)C=C3c2ccc3ncccc3c2)CC1. The number of aromatic nitrogens is 3. The lowest BCUT2D eigenvalue weighted by Crippen LogP contribution is -2.31. The normalized spacial score (nSPS) is 22.6. The monoisotopic (exact) mass is 459 g/mol. The maximum atomic E-state index is 5.90. The number of methoxy groups -OCH3 is 1. The van der Waals surface area contributed by atoms with Gasteiger partial charge in [0.1, 0.15) is 0 Å². The maximum absolute atomic E-state index is 5.90. The van der Waals surface area contributed by atoms with Crippen molar-refractivity contribution in [2.45, 2.75) is 57.3 Å². The van der Waals surface area contributed by atoms with E-state index in [9.17, 15) is 0 Å². The highest BCUT2D eigenvalue weighted by atomic mass is 16.5. The van der Waals surface area contributed by atoms with Gasteiger partial charge in [-0.05, 0) is 61.9 Å². The summed E-state index contributed by atoms with van der Waals surface area (Å²) in [7, 11) is 1.71. The van der Waals surface area contributed by atoms with E-state index in [2.05, 4.69) is 52.9 Å². The number of nitrogens with one attached hydrogen (secondary N) is 2. The van der Waals surface area contributed by atoms with Gasteiger partial charge < -0.3 is 20.1 Å². The maximum Gasteiger partial charge on any atom is 0.223 e. The molecule has 7 nitrogen and oxygen atoms in total. The smallest absolute Gasteiger partial charge is 0.223 e. The number of ether oxygens (including phenoxy) is 2. The van der Waals surface area contributed by atoms with E-state index in [4.69, 9.17) is 19.4 Å². The number of benzene rings is 1. The Morgan fingerprint density at radius 3 is 2.82 bits per heavy atom. The molecule has 178 valence electrons. The second-order valence-electron chi connectivity index (χ2n) is 9.20. The Balaban J connectivity index is 1.32. The zero-order chi connectivity index (χ0) is 23.3. The van der Waals surface area contributed by atoms with Gasteiger partial charge in [0.05, 0.1) is 30.5 Å². The summed E-state index contributed by atoms with van der Waals surface area (Å²) in [6, 6.07) is 11.1. The van der Waals surface area contributed by atoms with Crippen molar-refractivity contribution in [3.8, 4) is 0 Å². The molecule has 0 bridgehead atoms. The first-order chi connectivity index (χ1) is 16.7. The first-order valence-electron chi connectivity index (χ1n) is 12.2. The van der Waals surface area contributed by atoms with E-state index < -0.39 is 0 Å². The van der Waals surface area contributed by atoms with Gasteiger partial charge >= 0.3 is 0 Å². The molecule has 0 radical (unpaired) electrons. The molecule has 2 N–H and O–H groups in total. The second kappa shape index (κ2) is 10.6. The molecule has 34 heavy (non-hydrogen) atoms. The highest BCUT2D eigenvalue weighted by molar-refractivity contribution is 5.88. The van der Waals surface area contributed by atoms with Crippen LogP contribution in [0.1, 0.15) is 49.4 Å². The van der Waals surface area contributed by atoms with E-state index in [1.165, 1.54) is 5.57 Å². The average molecular weight is 460 g/mol. The highest BCUT2D eigenvalue weighted by Crippen LogP contribution is 2.31. The Bertz CT molecular complexity index is 1160. The molecule has 7 heteroatoms. The van der Waals surface area contributed by atoms with Crippen LogP contribution in [0.4, 0.5) is 5.95 Å². The number of nitrogens with zero attached hydrogens (tertiary/aromatic N) is 3. The fourth-order valence-electron chi connectivity index (χ4n) is 4.85. The summed E-state index contributed by atoms with van der Waals surface area (Å²) < 4.78 is 11.0. The van der Waals surface area contributed by atoms with Crippen LogP contribution in [-0.4, -0.2) is 53.5 Å². The van der Waals surface area contributed by atoms with Gasteiger partial charge in [0.2, 0.25) is 5.95 Å². The number of anilines is 1. The number of fused-ring (bicyclic) bond motifs is 2. The van der Waals surface area contributed by atoms with Gasteiger partial charge in [-0.2, -0.15) is 0 Å². The topological polar surface area (TPSA) is 81.2 Å². The Labute approximate surface area is 201 Å². The molecule has 5 rings (SSSR count). The van der Waals surface area contributed by atoms with E-state index >= 15 is 0 Å². The number of hydrogen-bond donors (Lipinski definition) is 2. The van der Waals surface area contributed by atoms with Crippen LogP contribution in [0.25, 0.3) is 16.5 Å². The first-order valence-corrected chi connectivity index (χ1v) is 12.2. The molecule has 1 fully saturated rings. The highest BCUT2D eigenvalue weighted by Gasteiger charge is 2.23. The molecule has 2 aliphatic rings. The van der Waals surface area contributed by atoms with Crippen LogP contribution in [-0.2, 0) is 16.0 Å². The van der Waals surface area contributed by atoms with Gasteiger partial charge in [0, 0.05) is 49.1 Å². The first kappa shape index (κ1) is 22.9. The van der Waals surface area contributed by atoms with Crippen molar-refractivity contribution in [2.24, 2.45) is 0 Å². The average Bonchev–Trinajstić information content (AvgIpc) is 3.03. The van der Waals surface area contributed by atoms with Crippen LogP contribution in [0.5, 0.6) is 0 Å². The minimum atomic E-state index is 0.235. The lowest BCUT2D eigenvalue weighted by Gasteiger charge is -2.29. The summed E-state index contributed by atoms with van der Waals surface area (Å²) in [6.45, 7) is 4.21. The Morgan fingerprint density at radius 2 is 1.97 bits per heavy atom. The fraction of sp³-hybridized carbons (Fsp3) is 0.444. The van der Waals surface area contributed by atoms with Crippen LogP contribution in [0, 0.1) is 0 Å². The molecule has 0 amide bonds. The lowest BCUT2D eigenvalue weighted by atomic mass is 9.93. The Hall–Kier alpha value is -2.87. The van der Waals surface area contributed by atoms with Crippen LogP contribution in [0.3, 0.4) is 0 Å². The van der Waals surface area contributed by atoms with Gasteiger partial charge in [-0.15, -0.1) is 0 Å². The fourth-order valence-corrected chi connectivity index (χ4v) is 4.85. The zero-order valence-electron chi connectivity index (χ0n) is 20.0. The number of rotatable bonds is 7. The van der Waals surface area contributed by atoms with Gasteiger partial charge in [-0.1, -0.05) is 18.2 Å². The molecule has 1 aliphatic heterocycles. The number of pyridine rings is 1. The summed E-state index contributed by atoms with van der Waals surface area (Å²) in [5, 5.41) is 8.27. The van der Waals surface area contributed by atoms with E-state index in [-0.39, 0.29) is 6.04 Å². The summed E-state index contributed by atoms with van der Waals surface area (Å²) >= 11 is 0. The minimum absolute atomic E-state index is 0.235. The molecule has 0 saturated heterocycles. The predicted molar refractivity (Wildman–Crippen MR) is 135 cm³/mol. The molecular weight excluding hydrogens is 426 g/mol. The van der Waals surface area contributed by atoms with Crippen molar-refractivity contribution in [1.29, 1.82) is 0 Å². The van der Waals surface area contributed by atoms with Gasteiger partial charge in [-0.25, -0.2) is 9.97 Å². The van der Waals surface area contributed by atoms with Crippen LogP contribution in [0.15, 0.2) is 48.8 Å². The van der Waals surface area contributed by atoms with Gasteiger partial charge in [0.25, 0.3) is 0 Å². The summed E-state index contributed by atoms with van der Waals surface area (Å²) in [5.41, 5.74) is 5.44. The molecule has 2 aromatic heterocycles. The lowest BCUT2D eigenvalue weighted by molar-refractivity contribution is -0.00157. The molecule has 1 saturated carbocycles.